The Kier molecular flexibility index (Phi) is 4.13. The van der Waals surface area contributed by atoms with E-state index in [2.05, 4.69) is 43.0 Å². The summed E-state index contributed by atoms with van der Waals surface area (Å²) in [4.78, 5) is 2.73. The first-order valence-electron chi connectivity index (χ1n) is 8.25. The van der Waals surface area contributed by atoms with Gasteiger partial charge in [0.25, 0.3) is 0 Å². The number of likely N-dealkylation sites (tertiary alicyclic amines) is 1. The Morgan fingerprint density at radius 1 is 1.15 bits per heavy atom. The van der Waals surface area contributed by atoms with Crippen molar-refractivity contribution in [3.63, 3.8) is 0 Å². The zero-order valence-corrected chi connectivity index (χ0v) is 12.9. The molecule has 1 aliphatic carbocycles. The molecule has 110 valence electrons. The molecule has 1 aliphatic heterocycles. The molecule has 0 amide bonds. The van der Waals surface area contributed by atoms with Crippen molar-refractivity contribution in [2.24, 2.45) is 11.7 Å². The molecular weight excluding hydrogens is 244 g/mol. The molecule has 2 nitrogen and oxygen atoms in total. The number of hydrogen-bond acceptors (Lipinski definition) is 2. The number of nitrogens with zero attached hydrogens (tertiary/aromatic N) is 1. The van der Waals surface area contributed by atoms with Crippen molar-refractivity contribution in [2.45, 2.75) is 64.1 Å². The van der Waals surface area contributed by atoms with Crippen LogP contribution in [0, 0.1) is 12.8 Å². The van der Waals surface area contributed by atoms with Crippen LogP contribution in [0.2, 0.25) is 0 Å². The van der Waals surface area contributed by atoms with E-state index in [1.54, 1.807) is 0 Å². The fraction of sp³-hybridized carbons (Fsp3) is 0.667. The van der Waals surface area contributed by atoms with E-state index < -0.39 is 0 Å². The lowest BCUT2D eigenvalue weighted by Gasteiger charge is -2.39. The third-order valence-electron chi connectivity index (χ3n) is 5.42. The highest BCUT2D eigenvalue weighted by molar-refractivity contribution is 5.30. The number of benzene rings is 1. The van der Waals surface area contributed by atoms with Crippen LogP contribution in [-0.2, 0) is 0 Å². The van der Waals surface area contributed by atoms with Crippen LogP contribution in [0.15, 0.2) is 24.3 Å². The average molecular weight is 272 g/mol. The largest absolute Gasteiger partial charge is 0.326 e. The highest BCUT2D eigenvalue weighted by Crippen LogP contribution is 2.41. The molecule has 1 aromatic rings. The van der Waals surface area contributed by atoms with Crippen LogP contribution >= 0.6 is 0 Å². The van der Waals surface area contributed by atoms with Gasteiger partial charge in [-0.15, -0.1) is 0 Å². The second-order valence-corrected chi connectivity index (χ2v) is 6.80. The second kappa shape index (κ2) is 5.87. The standard InChI is InChI=1S/C18H28N2/c1-13-7-3-5-9-16(13)18(14(2)19)20-12-11-15-8-4-6-10-17(15)20/h3,5,7,9,14-15,17-18H,4,6,8,10-12,19H2,1-2H3. The monoisotopic (exact) mass is 272 g/mol. The van der Waals surface area contributed by atoms with E-state index in [1.165, 1.54) is 49.8 Å². The molecule has 0 spiro atoms. The van der Waals surface area contributed by atoms with Gasteiger partial charge in [-0.25, -0.2) is 0 Å². The van der Waals surface area contributed by atoms with Gasteiger partial charge in [-0.1, -0.05) is 37.1 Å². The van der Waals surface area contributed by atoms with Gasteiger partial charge in [0.2, 0.25) is 0 Å². The molecule has 1 heterocycles. The average Bonchev–Trinajstić information content (AvgIpc) is 2.85. The lowest BCUT2D eigenvalue weighted by molar-refractivity contribution is 0.118. The summed E-state index contributed by atoms with van der Waals surface area (Å²) in [5.41, 5.74) is 9.22. The number of aryl methyl sites for hydroxylation is 1. The summed E-state index contributed by atoms with van der Waals surface area (Å²) in [6, 6.07) is 10.1. The highest BCUT2D eigenvalue weighted by atomic mass is 15.2. The molecule has 0 radical (unpaired) electrons. The predicted octanol–water partition coefficient (Wildman–Crippen LogP) is 3.65. The highest BCUT2D eigenvalue weighted by Gasteiger charge is 2.40. The quantitative estimate of drug-likeness (QED) is 0.910. The SMILES string of the molecule is Cc1ccccc1C(C(C)N)N1CCC2CCCCC21. The van der Waals surface area contributed by atoms with E-state index in [9.17, 15) is 0 Å². The van der Waals surface area contributed by atoms with Gasteiger partial charge < -0.3 is 5.73 Å². The topological polar surface area (TPSA) is 29.3 Å². The normalized spacial score (nSPS) is 29.9. The summed E-state index contributed by atoms with van der Waals surface area (Å²) >= 11 is 0. The summed E-state index contributed by atoms with van der Waals surface area (Å²) in [5.74, 6) is 0.925. The molecule has 0 aromatic heterocycles. The molecule has 3 rings (SSSR count). The minimum atomic E-state index is 0.191. The zero-order valence-electron chi connectivity index (χ0n) is 12.9. The van der Waals surface area contributed by atoms with Crippen LogP contribution in [0.1, 0.15) is 56.2 Å². The summed E-state index contributed by atoms with van der Waals surface area (Å²) < 4.78 is 0. The van der Waals surface area contributed by atoms with Crippen molar-refractivity contribution in [2.75, 3.05) is 6.54 Å². The molecule has 2 aliphatic rings. The predicted molar refractivity (Wildman–Crippen MR) is 84.6 cm³/mol. The van der Waals surface area contributed by atoms with Crippen molar-refractivity contribution >= 4 is 0 Å². The molecule has 2 N–H and O–H groups in total. The van der Waals surface area contributed by atoms with Gasteiger partial charge in [-0.05, 0) is 56.7 Å². The summed E-state index contributed by atoms with van der Waals surface area (Å²) in [5, 5.41) is 0. The first-order chi connectivity index (χ1) is 9.68. The Labute approximate surface area is 123 Å². The fourth-order valence-electron chi connectivity index (χ4n) is 4.47. The van der Waals surface area contributed by atoms with Gasteiger partial charge in [-0.3, -0.25) is 4.90 Å². The lowest BCUT2D eigenvalue weighted by Crippen LogP contribution is -2.44. The lowest BCUT2D eigenvalue weighted by atomic mass is 9.84. The van der Waals surface area contributed by atoms with Crippen LogP contribution in [0.5, 0.6) is 0 Å². The third-order valence-corrected chi connectivity index (χ3v) is 5.42. The van der Waals surface area contributed by atoms with Crippen LogP contribution in [0.25, 0.3) is 0 Å². The smallest absolute Gasteiger partial charge is 0.0502 e. The molecule has 4 atom stereocenters. The summed E-state index contributed by atoms with van der Waals surface area (Å²) in [6.45, 7) is 5.63. The zero-order chi connectivity index (χ0) is 14.1. The molecule has 1 saturated carbocycles. The first kappa shape index (κ1) is 14.1. The van der Waals surface area contributed by atoms with Crippen LogP contribution < -0.4 is 5.73 Å². The van der Waals surface area contributed by atoms with Crippen molar-refractivity contribution in [3.05, 3.63) is 35.4 Å². The number of fused-ring (bicyclic) bond motifs is 1. The Balaban J connectivity index is 1.90. The summed E-state index contributed by atoms with van der Waals surface area (Å²) in [6.07, 6.45) is 7.01. The Hall–Kier alpha value is -0.860. The van der Waals surface area contributed by atoms with Crippen molar-refractivity contribution in [1.29, 1.82) is 0 Å². The van der Waals surface area contributed by atoms with E-state index in [0.717, 1.165) is 12.0 Å². The molecule has 2 fully saturated rings. The molecule has 4 unspecified atom stereocenters. The number of hydrogen-bond donors (Lipinski definition) is 1. The van der Waals surface area contributed by atoms with Crippen molar-refractivity contribution in [3.8, 4) is 0 Å². The fourth-order valence-corrected chi connectivity index (χ4v) is 4.47. The Morgan fingerprint density at radius 2 is 1.90 bits per heavy atom. The maximum Gasteiger partial charge on any atom is 0.0502 e. The summed E-state index contributed by atoms with van der Waals surface area (Å²) in [7, 11) is 0. The van der Waals surface area contributed by atoms with E-state index in [-0.39, 0.29) is 6.04 Å². The van der Waals surface area contributed by atoms with Crippen LogP contribution in [0.3, 0.4) is 0 Å². The minimum absolute atomic E-state index is 0.191. The Bertz CT molecular complexity index is 454. The van der Waals surface area contributed by atoms with Gasteiger partial charge in [0.05, 0.1) is 6.04 Å². The Morgan fingerprint density at radius 3 is 2.65 bits per heavy atom. The van der Waals surface area contributed by atoms with E-state index in [1.807, 2.05) is 0 Å². The van der Waals surface area contributed by atoms with Crippen molar-refractivity contribution < 1.29 is 0 Å². The molecule has 0 bridgehead atoms. The van der Waals surface area contributed by atoms with Crippen LogP contribution in [-0.4, -0.2) is 23.5 Å². The van der Waals surface area contributed by atoms with Gasteiger partial charge in [-0.2, -0.15) is 0 Å². The first-order valence-corrected chi connectivity index (χ1v) is 8.25. The second-order valence-electron chi connectivity index (χ2n) is 6.80. The van der Waals surface area contributed by atoms with E-state index in [0.29, 0.717) is 6.04 Å². The molecular formula is C18H28N2. The number of nitrogens with two attached hydrogens (primary N) is 1. The van der Waals surface area contributed by atoms with Crippen molar-refractivity contribution in [1.82, 2.24) is 4.90 Å². The van der Waals surface area contributed by atoms with Crippen LogP contribution in [0.4, 0.5) is 0 Å². The maximum absolute atomic E-state index is 6.40. The maximum atomic E-state index is 6.40. The molecule has 2 heteroatoms. The minimum Gasteiger partial charge on any atom is -0.326 e. The molecule has 1 aromatic carbocycles. The molecule has 1 saturated heterocycles. The van der Waals surface area contributed by atoms with Gasteiger partial charge >= 0.3 is 0 Å². The number of rotatable bonds is 3. The van der Waals surface area contributed by atoms with Gasteiger partial charge in [0, 0.05) is 12.1 Å². The van der Waals surface area contributed by atoms with Gasteiger partial charge in [0.15, 0.2) is 0 Å². The van der Waals surface area contributed by atoms with E-state index >= 15 is 0 Å². The third kappa shape index (κ3) is 2.51. The van der Waals surface area contributed by atoms with E-state index in [4.69, 9.17) is 5.73 Å². The van der Waals surface area contributed by atoms with Gasteiger partial charge in [0.1, 0.15) is 0 Å². The molecule has 20 heavy (non-hydrogen) atoms.